The number of carbonyl (C=O) groups excluding carboxylic acids is 4. The number of anilines is 1. The first-order valence-corrected chi connectivity index (χ1v) is 11.0. The van der Waals surface area contributed by atoms with E-state index in [1.165, 1.54) is 0 Å². The van der Waals surface area contributed by atoms with Crippen molar-refractivity contribution in [1.82, 2.24) is 4.90 Å². The van der Waals surface area contributed by atoms with E-state index in [0.29, 0.717) is 16.3 Å². The first kappa shape index (κ1) is 23.2. The molecule has 0 saturated heterocycles. The molecule has 7 nitrogen and oxygen atoms in total. The molecule has 1 N–H and O–H groups in total. The van der Waals surface area contributed by atoms with E-state index < -0.39 is 36.3 Å². The van der Waals surface area contributed by atoms with Crippen LogP contribution in [0.25, 0.3) is 0 Å². The Bertz CT molecular complexity index is 1240. The highest BCUT2D eigenvalue weighted by Crippen LogP contribution is 2.27. The summed E-state index contributed by atoms with van der Waals surface area (Å²) in [6.07, 6.45) is 0.0557. The smallest absolute Gasteiger partial charge is 0.330 e. The fourth-order valence-corrected chi connectivity index (χ4v) is 3.94. The highest BCUT2D eigenvalue weighted by atomic mass is 35.5. The Morgan fingerprint density at radius 2 is 1.53 bits per heavy atom. The third-order valence-electron chi connectivity index (χ3n) is 5.57. The molecule has 8 heteroatoms. The highest BCUT2D eigenvalue weighted by Gasteiger charge is 2.43. The summed E-state index contributed by atoms with van der Waals surface area (Å²) in [4.78, 5) is 52.4. The van der Waals surface area contributed by atoms with Crippen LogP contribution in [0.2, 0.25) is 5.02 Å². The van der Waals surface area contributed by atoms with Gasteiger partial charge in [0.1, 0.15) is 6.04 Å². The van der Waals surface area contributed by atoms with Crippen LogP contribution in [0.4, 0.5) is 5.69 Å². The van der Waals surface area contributed by atoms with Gasteiger partial charge in [-0.05, 0) is 42.3 Å². The quantitative estimate of drug-likeness (QED) is 0.410. The van der Waals surface area contributed by atoms with E-state index in [1.54, 1.807) is 73.7 Å². The second kappa shape index (κ2) is 9.89. The van der Waals surface area contributed by atoms with Gasteiger partial charge in [-0.2, -0.15) is 0 Å². The summed E-state index contributed by atoms with van der Waals surface area (Å²) in [6, 6.07) is 19.2. The molecule has 1 aliphatic rings. The van der Waals surface area contributed by atoms with Crippen LogP contribution in [0.3, 0.4) is 0 Å². The number of nitrogens with one attached hydrogen (secondary N) is 1. The molecule has 0 aromatic heterocycles. The SMILES string of the molecule is Cc1c(Cl)cccc1NC(=O)COC(=O)[C@H](Cc1ccccc1)N1C(=O)c2ccccc2C1=O. The van der Waals surface area contributed by atoms with E-state index in [1.807, 2.05) is 6.07 Å². The first-order chi connectivity index (χ1) is 16.4. The van der Waals surface area contributed by atoms with Crippen molar-refractivity contribution in [2.45, 2.75) is 19.4 Å². The van der Waals surface area contributed by atoms with E-state index in [4.69, 9.17) is 16.3 Å². The molecule has 0 fully saturated rings. The molecule has 0 bridgehead atoms. The van der Waals surface area contributed by atoms with Gasteiger partial charge in [-0.3, -0.25) is 19.3 Å². The van der Waals surface area contributed by atoms with Crippen LogP contribution in [0.1, 0.15) is 31.8 Å². The van der Waals surface area contributed by atoms with E-state index in [0.717, 1.165) is 10.5 Å². The van der Waals surface area contributed by atoms with E-state index in [-0.39, 0.29) is 17.5 Å². The van der Waals surface area contributed by atoms with Crippen LogP contribution in [-0.2, 0) is 20.7 Å². The van der Waals surface area contributed by atoms with Crippen LogP contribution in [-0.4, -0.2) is 41.2 Å². The molecule has 0 spiro atoms. The van der Waals surface area contributed by atoms with Crippen molar-refractivity contribution >= 4 is 41.0 Å². The van der Waals surface area contributed by atoms with Crippen molar-refractivity contribution in [3.63, 3.8) is 0 Å². The Morgan fingerprint density at radius 3 is 2.18 bits per heavy atom. The molecule has 1 atom stereocenters. The lowest BCUT2D eigenvalue weighted by Crippen LogP contribution is -2.47. The van der Waals surface area contributed by atoms with Gasteiger partial charge in [-0.25, -0.2) is 4.79 Å². The molecule has 4 rings (SSSR count). The maximum atomic E-state index is 13.1. The number of benzene rings is 3. The number of esters is 1. The number of halogens is 1. The monoisotopic (exact) mass is 476 g/mol. The van der Waals surface area contributed by atoms with Crippen molar-refractivity contribution in [3.05, 3.63) is 100 Å². The lowest BCUT2D eigenvalue weighted by Gasteiger charge is -2.24. The Balaban J connectivity index is 1.52. The van der Waals surface area contributed by atoms with Crippen LogP contribution < -0.4 is 5.32 Å². The van der Waals surface area contributed by atoms with Crippen molar-refractivity contribution in [3.8, 4) is 0 Å². The summed E-state index contributed by atoms with van der Waals surface area (Å²) in [7, 11) is 0. The third-order valence-corrected chi connectivity index (χ3v) is 5.98. The maximum Gasteiger partial charge on any atom is 0.330 e. The summed E-state index contributed by atoms with van der Waals surface area (Å²) >= 11 is 6.08. The average Bonchev–Trinajstić information content (AvgIpc) is 3.09. The van der Waals surface area contributed by atoms with Gasteiger partial charge in [0.25, 0.3) is 17.7 Å². The lowest BCUT2D eigenvalue weighted by atomic mass is 10.0. The number of amides is 3. The molecular weight excluding hydrogens is 456 g/mol. The number of ether oxygens (including phenoxy) is 1. The van der Waals surface area contributed by atoms with Gasteiger partial charge in [0.2, 0.25) is 0 Å². The number of nitrogens with zero attached hydrogens (tertiary/aromatic N) is 1. The Morgan fingerprint density at radius 1 is 0.912 bits per heavy atom. The van der Waals surface area contributed by atoms with Gasteiger partial charge >= 0.3 is 5.97 Å². The van der Waals surface area contributed by atoms with E-state index >= 15 is 0 Å². The number of rotatable bonds is 7. The van der Waals surface area contributed by atoms with Crippen molar-refractivity contribution in [1.29, 1.82) is 0 Å². The molecule has 1 aliphatic heterocycles. The number of fused-ring (bicyclic) bond motifs is 1. The van der Waals surface area contributed by atoms with Gasteiger partial charge in [0.05, 0.1) is 11.1 Å². The molecule has 0 radical (unpaired) electrons. The molecule has 0 saturated carbocycles. The van der Waals surface area contributed by atoms with Gasteiger partial charge in [0.15, 0.2) is 6.61 Å². The maximum absolute atomic E-state index is 13.1. The summed E-state index contributed by atoms with van der Waals surface area (Å²) in [6.45, 7) is 1.17. The van der Waals surface area contributed by atoms with Crippen LogP contribution >= 0.6 is 11.6 Å². The Hall–Kier alpha value is -3.97. The zero-order chi connectivity index (χ0) is 24.2. The van der Waals surface area contributed by atoms with Gasteiger partial charge in [0, 0.05) is 17.1 Å². The fourth-order valence-electron chi connectivity index (χ4n) is 3.77. The molecule has 34 heavy (non-hydrogen) atoms. The molecule has 3 aromatic rings. The van der Waals surface area contributed by atoms with Crippen LogP contribution in [0.5, 0.6) is 0 Å². The molecule has 0 unspecified atom stereocenters. The third kappa shape index (κ3) is 4.70. The van der Waals surface area contributed by atoms with Crippen LogP contribution in [0.15, 0.2) is 72.8 Å². The highest BCUT2D eigenvalue weighted by molar-refractivity contribution is 6.31. The van der Waals surface area contributed by atoms with Crippen molar-refractivity contribution in [2.24, 2.45) is 0 Å². The predicted octanol–water partition coefficient (Wildman–Crippen LogP) is 4.04. The minimum Gasteiger partial charge on any atom is -0.454 e. The first-order valence-electron chi connectivity index (χ1n) is 10.6. The average molecular weight is 477 g/mol. The topological polar surface area (TPSA) is 92.8 Å². The molecule has 3 amide bonds. The second-order valence-corrected chi connectivity index (χ2v) is 8.21. The van der Waals surface area contributed by atoms with Crippen LogP contribution in [0, 0.1) is 6.92 Å². The van der Waals surface area contributed by atoms with Gasteiger partial charge in [-0.1, -0.05) is 60.1 Å². The van der Waals surface area contributed by atoms with Gasteiger partial charge in [-0.15, -0.1) is 0 Å². The molecular formula is C26H21ClN2O5. The Kier molecular flexibility index (Phi) is 6.75. The minimum absolute atomic E-state index is 0.0557. The van der Waals surface area contributed by atoms with Gasteiger partial charge < -0.3 is 10.1 Å². The molecule has 3 aromatic carbocycles. The number of hydrogen-bond acceptors (Lipinski definition) is 5. The second-order valence-electron chi connectivity index (χ2n) is 7.80. The summed E-state index contributed by atoms with van der Waals surface area (Å²) < 4.78 is 5.26. The fraction of sp³-hybridized carbons (Fsp3) is 0.154. The Labute approximate surface area is 201 Å². The zero-order valence-corrected chi connectivity index (χ0v) is 19.0. The molecule has 172 valence electrons. The largest absolute Gasteiger partial charge is 0.454 e. The number of carbonyl (C=O) groups is 4. The minimum atomic E-state index is -1.23. The summed E-state index contributed by atoms with van der Waals surface area (Å²) in [5, 5.41) is 3.14. The number of imide groups is 1. The normalized spacial score (nSPS) is 13.4. The van der Waals surface area contributed by atoms with Crippen molar-refractivity contribution < 1.29 is 23.9 Å². The molecule has 0 aliphatic carbocycles. The molecule has 1 heterocycles. The predicted molar refractivity (Wildman–Crippen MR) is 127 cm³/mol. The van der Waals surface area contributed by atoms with E-state index in [2.05, 4.69) is 5.32 Å². The standard InChI is InChI=1S/C26H21ClN2O5/c1-16-20(27)12-7-13-21(16)28-23(30)15-34-26(33)22(14-17-8-3-2-4-9-17)29-24(31)18-10-5-6-11-19(18)25(29)32/h2-13,22H,14-15H2,1H3,(H,28,30)/t22-/m0/s1. The lowest BCUT2D eigenvalue weighted by molar-refractivity contribution is -0.151. The summed E-state index contributed by atoms with van der Waals surface area (Å²) in [5.74, 6) is -2.56. The van der Waals surface area contributed by atoms with Crippen molar-refractivity contribution in [2.75, 3.05) is 11.9 Å². The van der Waals surface area contributed by atoms with E-state index in [9.17, 15) is 19.2 Å². The summed E-state index contributed by atoms with van der Waals surface area (Å²) in [5.41, 5.74) is 2.37. The number of hydrogen-bond donors (Lipinski definition) is 1. The zero-order valence-electron chi connectivity index (χ0n) is 18.3.